The lowest BCUT2D eigenvalue weighted by Gasteiger charge is -2.23. The van der Waals surface area contributed by atoms with Crippen molar-refractivity contribution >= 4 is 21.4 Å². The summed E-state index contributed by atoms with van der Waals surface area (Å²) >= 11 is 0. The molecule has 0 heterocycles. The maximum Gasteiger partial charge on any atom is 0.264 e. The monoisotopic (exact) mass is 308 g/mol. The van der Waals surface area contributed by atoms with Gasteiger partial charge in [-0.3, -0.25) is 4.31 Å². The normalized spacial score (nSPS) is 11.4. The summed E-state index contributed by atoms with van der Waals surface area (Å²) in [6.45, 7) is 3.86. The van der Waals surface area contributed by atoms with Gasteiger partial charge >= 0.3 is 0 Å². The lowest BCUT2D eigenvalue weighted by atomic mass is 10.2. The molecule has 0 spiro atoms. The predicted octanol–water partition coefficient (Wildman–Crippen LogP) is 2.93. The summed E-state index contributed by atoms with van der Waals surface area (Å²) in [5.41, 5.74) is 6.81. The van der Waals surface area contributed by atoms with Crippen molar-refractivity contribution in [1.29, 1.82) is 0 Å². The Labute approximate surface area is 124 Å². The molecular weight excluding hydrogens is 291 g/mol. The van der Waals surface area contributed by atoms with E-state index in [0.29, 0.717) is 5.69 Å². The highest BCUT2D eigenvalue weighted by atomic mass is 32.2. The zero-order chi connectivity index (χ0) is 15.6. The lowest BCUT2D eigenvalue weighted by molar-refractivity contribution is 0.588. The van der Waals surface area contributed by atoms with Crippen molar-refractivity contribution in [1.82, 2.24) is 0 Å². The molecule has 0 bridgehead atoms. The molecule has 0 saturated carbocycles. The van der Waals surface area contributed by atoms with Crippen LogP contribution in [0.2, 0.25) is 0 Å². The summed E-state index contributed by atoms with van der Waals surface area (Å²) in [5, 5.41) is 0. The third-order valence-corrected chi connectivity index (χ3v) is 5.04. The Hall–Kier alpha value is -2.08. The molecule has 0 atom stereocenters. The van der Waals surface area contributed by atoms with Crippen molar-refractivity contribution in [2.45, 2.75) is 18.7 Å². The van der Waals surface area contributed by atoms with E-state index in [1.54, 1.807) is 25.1 Å². The second kappa shape index (κ2) is 5.73. The Balaban J connectivity index is 2.51. The van der Waals surface area contributed by atoms with Crippen LogP contribution < -0.4 is 10.0 Å². The second-order valence-electron chi connectivity index (χ2n) is 4.69. The molecule has 0 amide bonds. The van der Waals surface area contributed by atoms with Crippen LogP contribution in [-0.4, -0.2) is 15.0 Å². The number of nitrogen functional groups attached to an aromatic ring is 1. The van der Waals surface area contributed by atoms with E-state index in [4.69, 9.17) is 5.73 Å². The zero-order valence-corrected chi connectivity index (χ0v) is 12.7. The minimum atomic E-state index is -3.82. The maximum atomic E-state index is 13.5. The van der Waals surface area contributed by atoms with Gasteiger partial charge in [-0.1, -0.05) is 12.1 Å². The number of rotatable bonds is 4. The van der Waals surface area contributed by atoms with E-state index in [0.717, 1.165) is 11.6 Å². The molecule has 0 fully saturated rings. The number of aryl methyl sites for hydroxylation is 1. The number of sulfonamides is 1. The molecule has 0 aromatic heterocycles. The van der Waals surface area contributed by atoms with Crippen LogP contribution in [0.25, 0.3) is 0 Å². The molecule has 2 N–H and O–H groups in total. The Morgan fingerprint density at radius 3 is 2.48 bits per heavy atom. The summed E-state index contributed by atoms with van der Waals surface area (Å²) < 4.78 is 40.1. The van der Waals surface area contributed by atoms with Gasteiger partial charge in [0.25, 0.3) is 10.0 Å². The minimum Gasteiger partial charge on any atom is -0.396 e. The number of hydrogen-bond donors (Lipinski definition) is 1. The highest BCUT2D eigenvalue weighted by Crippen LogP contribution is 2.25. The Morgan fingerprint density at radius 1 is 1.19 bits per heavy atom. The minimum absolute atomic E-state index is 0.0763. The molecule has 4 nitrogen and oxygen atoms in total. The topological polar surface area (TPSA) is 63.4 Å². The maximum absolute atomic E-state index is 13.5. The highest BCUT2D eigenvalue weighted by Gasteiger charge is 2.24. The number of benzene rings is 2. The van der Waals surface area contributed by atoms with E-state index < -0.39 is 15.8 Å². The quantitative estimate of drug-likeness (QED) is 0.883. The van der Waals surface area contributed by atoms with Crippen LogP contribution in [-0.2, 0) is 10.0 Å². The first-order chi connectivity index (χ1) is 9.86. The van der Waals surface area contributed by atoms with Gasteiger partial charge in [-0.15, -0.1) is 0 Å². The first kappa shape index (κ1) is 15.3. The summed E-state index contributed by atoms with van der Waals surface area (Å²) in [5.74, 6) is -0.739. The third kappa shape index (κ3) is 3.00. The molecule has 21 heavy (non-hydrogen) atoms. The number of anilines is 2. The van der Waals surface area contributed by atoms with Crippen LogP contribution >= 0.6 is 0 Å². The molecule has 2 rings (SSSR count). The molecule has 2 aromatic rings. The van der Waals surface area contributed by atoms with E-state index in [1.807, 2.05) is 13.0 Å². The molecule has 6 heteroatoms. The van der Waals surface area contributed by atoms with Gasteiger partial charge in [0, 0.05) is 6.54 Å². The van der Waals surface area contributed by atoms with E-state index in [2.05, 4.69) is 0 Å². The molecule has 0 aliphatic carbocycles. The van der Waals surface area contributed by atoms with Gasteiger partial charge in [-0.05, 0) is 49.7 Å². The fourth-order valence-corrected chi connectivity index (χ4v) is 3.55. The van der Waals surface area contributed by atoms with Crippen molar-refractivity contribution in [2.75, 3.05) is 16.6 Å². The largest absolute Gasteiger partial charge is 0.396 e. The van der Waals surface area contributed by atoms with Gasteiger partial charge in [-0.25, -0.2) is 12.8 Å². The number of hydrogen-bond acceptors (Lipinski definition) is 3. The van der Waals surface area contributed by atoms with Gasteiger partial charge in [0.05, 0.1) is 16.3 Å². The Kier molecular flexibility index (Phi) is 4.18. The van der Waals surface area contributed by atoms with Crippen LogP contribution in [0.3, 0.4) is 0 Å². The molecule has 0 saturated heterocycles. The van der Waals surface area contributed by atoms with Crippen LogP contribution in [0.5, 0.6) is 0 Å². The van der Waals surface area contributed by atoms with Crippen LogP contribution in [0.1, 0.15) is 12.5 Å². The lowest BCUT2D eigenvalue weighted by Crippen LogP contribution is -2.30. The van der Waals surface area contributed by atoms with Crippen molar-refractivity contribution in [3.05, 3.63) is 53.8 Å². The molecular formula is C15H17FN2O2S. The summed E-state index contributed by atoms with van der Waals surface area (Å²) in [7, 11) is -3.82. The smallest absolute Gasteiger partial charge is 0.264 e. The molecule has 0 unspecified atom stereocenters. The van der Waals surface area contributed by atoms with Gasteiger partial charge in [0.15, 0.2) is 0 Å². The van der Waals surface area contributed by atoms with Gasteiger partial charge in [-0.2, -0.15) is 0 Å². The first-order valence-corrected chi connectivity index (χ1v) is 7.94. The van der Waals surface area contributed by atoms with E-state index in [1.165, 1.54) is 16.4 Å². The third-order valence-electron chi connectivity index (χ3n) is 3.14. The predicted molar refractivity (Wildman–Crippen MR) is 82.2 cm³/mol. The fraction of sp³-hybridized carbons (Fsp3) is 0.200. The Bertz CT molecular complexity index is 760. The van der Waals surface area contributed by atoms with E-state index >= 15 is 0 Å². The highest BCUT2D eigenvalue weighted by molar-refractivity contribution is 7.92. The number of halogens is 1. The SMILES string of the molecule is CCN(c1cccc(C)c1)S(=O)(=O)c1ccc(N)c(F)c1. The number of nitrogens with zero attached hydrogens (tertiary/aromatic N) is 1. The first-order valence-electron chi connectivity index (χ1n) is 6.50. The van der Waals surface area contributed by atoms with Gasteiger partial charge in [0.2, 0.25) is 0 Å². The second-order valence-corrected chi connectivity index (χ2v) is 6.55. The van der Waals surface area contributed by atoms with E-state index in [9.17, 15) is 12.8 Å². The molecule has 112 valence electrons. The van der Waals surface area contributed by atoms with Crippen LogP contribution in [0.15, 0.2) is 47.4 Å². The Morgan fingerprint density at radius 2 is 1.90 bits per heavy atom. The fourth-order valence-electron chi connectivity index (χ4n) is 2.07. The van der Waals surface area contributed by atoms with Crippen molar-refractivity contribution in [3.63, 3.8) is 0 Å². The van der Waals surface area contributed by atoms with Crippen LogP contribution in [0, 0.1) is 12.7 Å². The van der Waals surface area contributed by atoms with Crippen molar-refractivity contribution in [2.24, 2.45) is 0 Å². The summed E-state index contributed by atoms with van der Waals surface area (Å²) in [6, 6.07) is 10.7. The molecule has 2 aromatic carbocycles. The number of nitrogens with two attached hydrogens (primary N) is 1. The molecule has 0 aliphatic rings. The molecule has 0 radical (unpaired) electrons. The van der Waals surface area contributed by atoms with Crippen molar-refractivity contribution < 1.29 is 12.8 Å². The van der Waals surface area contributed by atoms with Gasteiger partial charge < -0.3 is 5.73 Å². The van der Waals surface area contributed by atoms with E-state index in [-0.39, 0.29) is 17.1 Å². The van der Waals surface area contributed by atoms with Gasteiger partial charge in [0.1, 0.15) is 5.82 Å². The van der Waals surface area contributed by atoms with Crippen LogP contribution in [0.4, 0.5) is 15.8 Å². The average Bonchev–Trinajstić information content (AvgIpc) is 2.42. The average molecular weight is 308 g/mol. The summed E-state index contributed by atoms with van der Waals surface area (Å²) in [6.07, 6.45) is 0. The standard InChI is InChI=1S/C15H17FN2O2S/c1-3-18(12-6-4-5-11(2)9-12)21(19,20)13-7-8-15(17)14(16)10-13/h4-10H,3,17H2,1-2H3. The molecule has 0 aliphatic heterocycles. The zero-order valence-electron chi connectivity index (χ0n) is 11.9. The summed E-state index contributed by atoms with van der Waals surface area (Å²) in [4.78, 5) is -0.113. The van der Waals surface area contributed by atoms with Crippen molar-refractivity contribution in [3.8, 4) is 0 Å².